The SMILES string of the molecule is CCOP(=O)(Cc1ccc(Cc2ccnc3nc(OC)ccc23)cc1)OCC. The van der Waals surface area contributed by atoms with E-state index in [9.17, 15) is 4.57 Å². The van der Waals surface area contributed by atoms with Crippen molar-refractivity contribution in [3.63, 3.8) is 0 Å². The van der Waals surface area contributed by atoms with Crippen LogP contribution in [-0.4, -0.2) is 30.3 Å². The Morgan fingerprint density at radius 1 is 0.929 bits per heavy atom. The zero-order valence-electron chi connectivity index (χ0n) is 16.4. The number of benzene rings is 1. The molecule has 0 aliphatic heterocycles. The Balaban J connectivity index is 1.78. The van der Waals surface area contributed by atoms with Crippen molar-refractivity contribution >= 4 is 18.6 Å². The first kappa shape index (κ1) is 20.5. The lowest BCUT2D eigenvalue weighted by atomic mass is 10.0. The van der Waals surface area contributed by atoms with Crippen LogP contribution in [0.1, 0.15) is 30.5 Å². The lowest BCUT2D eigenvalue weighted by molar-refractivity contribution is 0.219. The van der Waals surface area contributed by atoms with E-state index >= 15 is 0 Å². The summed E-state index contributed by atoms with van der Waals surface area (Å²) in [7, 11) is -1.50. The van der Waals surface area contributed by atoms with E-state index < -0.39 is 7.60 Å². The van der Waals surface area contributed by atoms with Gasteiger partial charge >= 0.3 is 7.60 Å². The molecule has 0 unspecified atom stereocenters. The normalized spacial score (nSPS) is 11.7. The van der Waals surface area contributed by atoms with Crippen LogP contribution in [0.2, 0.25) is 0 Å². The predicted molar refractivity (Wildman–Crippen MR) is 110 cm³/mol. The molecule has 7 heteroatoms. The third-order valence-electron chi connectivity index (χ3n) is 4.32. The third kappa shape index (κ3) is 4.96. The summed E-state index contributed by atoms with van der Waals surface area (Å²) in [6, 6.07) is 13.9. The number of ether oxygens (including phenoxy) is 1. The second-order valence-corrected chi connectivity index (χ2v) is 8.35. The number of pyridine rings is 2. The molecule has 3 rings (SSSR count). The first-order valence-electron chi connectivity index (χ1n) is 9.31. The van der Waals surface area contributed by atoms with Gasteiger partial charge in [-0.25, -0.2) is 4.98 Å². The number of rotatable bonds is 9. The molecule has 0 spiro atoms. The average Bonchev–Trinajstić information content (AvgIpc) is 2.69. The van der Waals surface area contributed by atoms with Crippen molar-refractivity contribution in [1.82, 2.24) is 9.97 Å². The topological polar surface area (TPSA) is 70.5 Å². The minimum absolute atomic E-state index is 0.275. The van der Waals surface area contributed by atoms with Crippen LogP contribution in [0.25, 0.3) is 11.0 Å². The molecule has 2 heterocycles. The summed E-state index contributed by atoms with van der Waals surface area (Å²) in [5.41, 5.74) is 3.89. The summed E-state index contributed by atoms with van der Waals surface area (Å²) >= 11 is 0. The number of aromatic nitrogens is 2. The number of methoxy groups -OCH3 is 1. The predicted octanol–water partition coefficient (Wildman–Crippen LogP) is 5.00. The van der Waals surface area contributed by atoms with Crippen molar-refractivity contribution in [2.45, 2.75) is 26.4 Å². The van der Waals surface area contributed by atoms with Gasteiger partial charge in [-0.3, -0.25) is 4.57 Å². The molecule has 0 saturated carbocycles. The van der Waals surface area contributed by atoms with E-state index in [1.807, 2.05) is 56.3 Å². The molecule has 6 nitrogen and oxygen atoms in total. The first-order valence-corrected chi connectivity index (χ1v) is 11.0. The van der Waals surface area contributed by atoms with Gasteiger partial charge in [0.2, 0.25) is 5.88 Å². The van der Waals surface area contributed by atoms with E-state index in [1.165, 1.54) is 0 Å². The van der Waals surface area contributed by atoms with E-state index in [-0.39, 0.29) is 6.16 Å². The van der Waals surface area contributed by atoms with E-state index in [2.05, 4.69) is 9.97 Å². The molecule has 148 valence electrons. The number of hydrogen-bond acceptors (Lipinski definition) is 6. The van der Waals surface area contributed by atoms with E-state index in [0.29, 0.717) is 24.7 Å². The summed E-state index contributed by atoms with van der Waals surface area (Å²) in [6.07, 6.45) is 2.79. The highest BCUT2D eigenvalue weighted by molar-refractivity contribution is 7.53. The fraction of sp³-hybridized carbons (Fsp3) is 0.333. The van der Waals surface area contributed by atoms with Gasteiger partial charge in [-0.1, -0.05) is 24.3 Å². The average molecular weight is 400 g/mol. The second-order valence-electron chi connectivity index (χ2n) is 6.29. The second kappa shape index (κ2) is 9.28. The van der Waals surface area contributed by atoms with Gasteiger partial charge in [0.05, 0.1) is 26.5 Å². The van der Waals surface area contributed by atoms with Crippen molar-refractivity contribution in [3.05, 3.63) is 65.4 Å². The zero-order chi connectivity index (χ0) is 20.0. The van der Waals surface area contributed by atoms with Crippen LogP contribution in [-0.2, 0) is 26.2 Å². The Morgan fingerprint density at radius 3 is 2.25 bits per heavy atom. The summed E-state index contributed by atoms with van der Waals surface area (Å²) in [6.45, 7) is 4.36. The zero-order valence-corrected chi connectivity index (χ0v) is 17.3. The fourth-order valence-corrected chi connectivity index (χ4v) is 4.77. The highest BCUT2D eigenvalue weighted by atomic mass is 31.2. The Kier molecular flexibility index (Phi) is 6.79. The molecule has 0 bridgehead atoms. The van der Waals surface area contributed by atoms with Gasteiger partial charge in [0.15, 0.2) is 5.65 Å². The summed E-state index contributed by atoms with van der Waals surface area (Å²) in [4.78, 5) is 8.72. The maximum Gasteiger partial charge on any atom is 0.335 e. The van der Waals surface area contributed by atoms with Crippen molar-refractivity contribution in [2.75, 3.05) is 20.3 Å². The first-order chi connectivity index (χ1) is 13.6. The Morgan fingerprint density at radius 2 is 1.61 bits per heavy atom. The molecule has 0 aliphatic carbocycles. The highest BCUT2D eigenvalue weighted by Crippen LogP contribution is 2.51. The minimum Gasteiger partial charge on any atom is -0.481 e. The van der Waals surface area contributed by atoms with Gasteiger partial charge in [0.25, 0.3) is 0 Å². The quantitative estimate of drug-likeness (QED) is 0.471. The largest absolute Gasteiger partial charge is 0.481 e. The van der Waals surface area contributed by atoms with Gasteiger partial charge in [-0.2, -0.15) is 4.98 Å². The molecule has 0 saturated heterocycles. The molecule has 1 aromatic carbocycles. The third-order valence-corrected chi connectivity index (χ3v) is 6.38. The molecule has 0 amide bonds. The molecule has 28 heavy (non-hydrogen) atoms. The summed E-state index contributed by atoms with van der Waals surface area (Å²) in [5, 5.41) is 1.00. The van der Waals surface area contributed by atoms with Crippen LogP contribution in [0.15, 0.2) is 48.7 Å². The van der Waals surface area contributed by atoms with Crippen molar-refractivity contribution < 1.29 is 18.3 Å². The maximum atomic E-state index is 12.7. The minimum atomic E-state index is -3.09. The highest BCUT2D eigenvalue weighted by Gasteiger charge is 2.23. The van der Waals surface area contributed by atoms with Gasteiger partial charge in [-0.15, -0.1) is 0 Å². The van der Waals surface area contributed by atoms with Crippen LogP contribution in [0.3, 0.4) is 0 Å². The molecule has 0 aliphatic rings. The van der Waals surface area contributed by atoms with Crippen molar-refractivity contribution in [3.8, 4) is 5.88 Å². The van der Waals surface area contributed by atoms with Gasteiger partial charge in [0.1, 0.15) is 0 Å². The van der Waals surface area contributed by atoms with Crippen LogP contribution < -0.4 is 4.74 Å². The van der Waals surface area contributed by atoms with Crippen molar-refractivity contribution in [2.24, 2.45) is 0 Å². The van der Waals surface area contributed by atoms with E-state index in [4.69, 9.17) is 13.8 Å². The molecule has 3 aromatic rings. The van der Waals surface area contributed by atoms with Crippen LogP contribution in [0.4, 0.5) is 0 Å². The van der Waals surface area contributed by atoms with Crippen molar-refractivity contribution in [1.29, 1.82) is 0 Å². The molecule has 0 fully saturated rings. The molecular formula is C21H25N2O4P. The lowest BCUT2D eigenvalue weighted by Crippen LogP contribution is -1.99. The molecule has 0 N–H and O–H groups in total. The smallest absolute Gasteiger partial charge is 0.335 e. The number of fused-ring (bicyclic) bond motifs is 1. The summed E-state index contributed by atoms with van der Waals surface area (Å²) in [5.74, 6) is 0.550. The Labute approximate surface area is 165 Å². The fourth-order valence-electron chi connectivity index (χ4n) is 3.06. The van der Waals surface area contributed by atoms with Crippen LogP contribution >= 0.6 is 7.60 Å². The number of nitrogens with zero attached hydrogens (tertiary/aromatic N) is 2. The van der Waals surface area contributed by atoms with Gasteiger partial charge in [0, 0.05) is 17.6 Å². The molecular weight excluding hydrogens is 375 g/mol. The molecule has 0 radical (unpaired) electrons. The van der Waals surface area contributed by atoms with Crippen LogP contribution in [0, 0.1) is 0 Å². The molecule has 2 aromatic heterocycles. The number of hydrogen-bond donors (Lipinski definition) is 0. The van der Waals surface area contributed by atoms with Gasteiger partial charge < -0.3 is 13.8 Å². The van der Waals surface area contributed by atoms with E-state index in [1.54, 1.807) is 13.3 Å². The Bertz CT molecular complexity index is 966. The molecule has 0 atom stereocenters. The monoisotopic (exact) mass is 400 g/mol. The summed E-state index contributed by atoms with van der Waals surface area (Å²) < 4.78 is 28.6. The standard InChI is InChI=1S/C21H25N2O4P/c1-4-26-28(24,27-5-2)15-17-8-6-16(7-9-17)14-18-12-13-22-21-19(18)10-11-20(23-21)25-3/h6-13H,4-5,14-15H2,1-3H3. The maximum absolute atomic E-state index is 12.7. The van der Waals surface area contributed by atoms with Crippen LogP contribution in [0.5, 0.6) is 5.88 Å². The lowest BCUT2D eigenvalue weighted by Gasteiger charge is -2.17. The Hall–Kier alpha value is -2.27. The van der Waals surface area contributed by atoms with E-state index in [0.717, 1.165) is 28.5 Å². The van der Waals surface area contributed by atoms with Gasteiger partial charge in [-0.05, 0) is 49.1 Å².